The zero-order valence-corrected chi connectivity index (χ0v) is 22.5. The number of nitrogens with zero attached hydrogens (tertiary/aromatic N) is 4. The monoisotopic (exact) mass is 589 g/mol. The maximum absolute atomic E-state index is 13.5. The van der Waals surface area contributed by atoms with Crippen molar-refractivity contribution in [3.63, 3.8) is 0 Å². The van der Waals surface area contributed by atoms with Gasteiger partial charge in [0.2, 0.25) is 5.91 Å². The first kappa shape index (κ1) is 29.2. The number of halogens is 4. The molecular weight excluding hydrogens is 567 g/mol. The smallest absolute Gasteiger partial charge is 0.339 e. The number of thioether (sulfide) groups is 1. The van der Waals surface area contributed by atoms with E-state index in [0.717, 1.165) is 22.7 Å². The lowest BCUT2D eigenvalue weighted by Crippen LogP contribution is -2.50. The van der Waals surface area contributed by atoms with E-state index in [1.165, 1.54) is 23.0 Å². The Morgan fingerprint density at radius 1 is 1.12 bits per heavy atom. The third kappa shape index (κ3) is 6.33. The molecule has 5 rings (SSSR count). The molecule has 2 aliphatic rings. The number of carbonyl (C=O) groups is 3. The number of fused-ring (bicyclic) bond motifs is 1. The Balaban J connectivity index is 0.00000181. The van der Waals surface area contributed by atoms with E-state index in [4.69, 9.17) is 11.6 Å². The first-order valence-electron chi connectivity index (χ1n) is 12.0. The van der Waals surface area contributed by atoms with Crippen molar-refractivity contribution in [2.24, 2.45) is 0 Å². The average Bonchev–Trinajstić information content (AvgIpc) is 3.45. The molecule has 2 aliphatic heterocycles. The number of amides is 3. The van der Waals surface area contributed by atoms with Crippen LogP contribution in [0.4, 0.5) is 18.0 Å². The third-order valence-corrected chi connectivity index (χ3v) is 7.44. The van der Waals surface area contributed by atoms with Gasteiger partial charge in [-0.3, -0.25) is 24.0 Å². The van der Waals surface area contributed by atoms with Crippen LogP contribution in [0.1, 0.15) is 16.7 Å². The van der Waals surface area contributed by atoms with Crippen LogP contribution >= 0.6 is 23.4 Å². The second kappa shape index (κ2) is 12.2. The number of benzene rings is 2. The average molecular weight is 590 g/mol. The van der Waals surface area contributed by atoms with E-state index in [0.29, 0.717) is 42.6 Å². The fourth-order valence-corrected chi connectivity index (χ4v) is 5.38. The van der Waals surface area contributed by atoms with Crippen LogP contribution in [0.3, 0.4) is 0 Å². The van der Waals surface area contributed by atoms with E-state index in [-0.39, 0.29) is 34.5 Å². The van der Waals surface area contributed by atoms with Crippen LogP contribution in [-0.4, -0.2) is 69.4 Å². The zero-order valence-electron chi connectivity index (χ0n) is 20.9. The van der Waals surface area contributed by atoms with Gasteiger partial charge in [-0.2, -0.15) is 18.3 Å². The Morgan fingerprint density at radius 2 is 1.85 bits per heavy atom. The minimum atomic E-state index is -4.56. The number of piperazine rings is 1. The van der Waals surface area contributed by atoms with Crippen LogP contribution in [0.25, 0.3) is 17.0 Å². The van der Waals surface area contributed by atoms with E-state index < -0.39 is 22.9 Å². The Labute approximate surface area is 237 Å². The summed E-state index contributed by atoms with van der Waals surface area (Å²) in [6.07, 6.45) is 6.51. The largest absolute Gasteiger partial charge is 0.416 e. The normalized spacial score (nSPS) is 16.9. The van der Waals surface area contributed by atoms with Gasteiger partial charge in [0, 0.05) is 36.6 Å². The number of alkyl halides is 3. The lowest BCUT2D eigenvalue weighted by molar-refractivity contribution is -0.138. The molecule has 0 unspecified atom stereocenters. The quantitative estimate of drug-likeness (QED) is 0.349. The molecule has 0 spiro atoms. The molecule has 2 aromatic carbocycles. The Morgan fingerprint density at radius 3 is 2.55 bits per heavy atom. The van der Waals surface area contributed by atoms with Crippen molar-refractivity contribution in [3.05, 3.63) is 69.2 Å². The molecule has 2 fully saturated rings. The second-order valence-electron chi connectivity index (χ2n) is 8.82. The maximum Gasteiger partial charge on any atom is 0.416 e. The number of aromatic nitrogens is 2. The standard InChI is InChI=1S/C25H21ClF3N5O3S.C2H2/c26-18-3-2-16(19(11-18)25(27,28)29)13-34-20-4-1-15(9-17(20)12-31-34)10-21-23(36)33(24(37)38-21)14-22(35)32-7-5-30-6-8-32;1-2/h1-4,9-12,30H,5-8,13-14H2;1-2H/b21-10-;. The van der Waals surface area contributed by atoms with Gasteiger partial charge >= 0.3 is 6.18 Å². The topological polar surface area (TPSA) is 87.5 Å². The van der Waals surface area contributed by atoms with E-state index in [1.54, 1.807) is 29.2 Å². The summed E-state index contributed by atoms with van der Waals surface area (Å²) in [6.45, 7) is 1.95. The summed E-state index contributed by atoms with van der Waals surface area (Å²) in [5, 5.41) is 7.51. The predicted molar refractivity (Wildman–Crippen MR) is 147 cm³/mol. The molecule has 3 aromatic rings. The number of hydrogen-bond acceptors (Lipinski definition) is 6. The molecular formula is C27H23ClF3N5O3S. The summed E-state index contributed by atoms with van der Waals surface area (Å²) in [4.78, 5) is 40.6. The summed E-state index contributed by atoms with van der Waals surface area (Å²) in [5.41, 5.74) is 0.412. The van der Waals surface area contributed by atoms with Gasteiger partial charge in [0.05, 0.1) is 28.7 Å². The fraction of sp³-hybridized carbons (Fsp3) is 0.259. The number of terminal acetylenes is 1. The maximum atomic E-state index is 13.5. The molecule has 0 radical (unpaired) electrons. The SMILES string of the molecule is C#C.O=C(CN1C(=O)S/C(=C\c2ccc3c(cnn3Cc3ccc(Cl)cc3C(F)(F)F)c2)C1=O)N1CCNCC1. The minimum Gasteiger partial charge on any atom is -0.339 e. The first-order valence-corrected chi connectivity index (χ1v) is 13.2. The van der Waals surface area contributed by atoms with E-state index >= 15 is 0 Å². The first-order chi connectivity index (χ1) is 19.1. The van der Waals surface area contributed by atoms with Crippen molar-refractivity contribution in [1.82, 2.24) is 24.9 Å². The second-order valence-corrected chi connectivity index (χ2v) is 10.2. The molecule has 0 aliphatic carbocycles. The van der Waals surface area contributed by atoms with Crippen LogP contribution in [0, 0.1) is 12.8 Å². The minimum absolute atomic E-state index is 0.00591. The molecule has 2 saturated heterocycles. The number of hydrogen-bond donors (Lipinski definition) is 1. The van der Waals surface area contributed by atoms with E-state index in [1.807, 2.05) is 0 Å². The van der Waals surface area contributed by atoms with Gasteiger partial charge in [-0.05, 0) is 53.2 Å². The highest BCUT2D eigenvalue weighted by atomic mass is 35.5. The van der Waals surface area contributed by atoms with Crippen molar-refractivity contribution in [2.45, 2.75) is 12.7 Å². The van der Waals surface area contributed by atoms with Crippen LogP contribution in [0.15, 0.2) is 47.5 Å². The highest BCUT2D eigenvalue weighted by molar-refractivity contribution is 8.18. The number of nitrogens with one attached hydrogen (secondary N) is 1. The van der Waals surface area contributed by atoms with Gasteiger partial charge in [0.25, 0.3) is 11.1 Å². The molecule has 1 aromatic heterocycles. The summed E-state index contributed by atoms with van der Waals surface area (Å²) in [7, 11) is 0. The molecule has 0 atom stereocenters. The Kier molecular flexibility index (Phi) is 8.88. The van der Waals surface area contributed by atoms with Crippen molar-refractivity contribution >= 4 is 57.4 Å². The lowest BCUT2D eigenvalue weighted by atomic mass is 10.1. The molecule has 3 amide bonds. The van der Waals surface area contributed by atoms with E-state index in [9.17, 15) is 27.6 Å². The molecule has 1 N–H and O–H groups in total. The van der Waals surface area contributed by atoms with Crippen molar-refractivity contribution < 1.29 is 27.6 Å². The van der Waals surface area contributed by atoms with Crippen LogP contribution in [0.2, 0.25) is 5.02 Å². The fourth-order valence-electron chi connectivity index (χ4n) is 4.37. The van der Waals surface area contributed by atoms with Crippen LogP contribution < -0.4 is 5.32 Å². The Bertz CT molecular complexity index is 1510. The summed E-state index contributed by atoms with van der Waals surface area (Å²) >= 11 is 6.54. The van der Waals surface area contributed by atoms with Gasteiger partial charge in [0.1, 0.15) is 6.54 Å². The third-order valence-electron chi connectivity index (χ3n) is 6.30. The molecule has 208 valence electrons. The van der Waals surface area contributed by atoms with Gasteiger partial charge in [-0.1, -0.05) is 23.7 Å². The number of imide groups is 1. The summed E-state index contributed by atoms with van der Waals surface area (Å²) in [6, 6.07) is 8.73. The Hall–Kier alpha value is -3.79. The van der Waals surface area contributed by atoms with Crippen molar-refractivity contribution in [3.8, 4) is 12.8 Å². The highest BCUT2D eigenvalue weighted by Crippen LogP contribution is 2.35. The van der Waals surface area contributed by atoms with Crippen molar-refractivity contribution in [1.29, 1.82) is 0 Å². The molecule has 0 saturated carbocycles. The summed E-state index contributed by atoms with van der Waals surface area (Å²) < 4.78 is 41.9. The number of rotatable bonds is 5. The lowest BCUT2D eigenvalue weighted by Gasteiger charge is -2.28. The summed E-state index contributed by atoms with van der Waals surface area (Å²) in [5.74, 6) is -0.819. The van der Waals surface area contributed by atoms with Crippen LogP contribution in [-0.2, 0) is 22.3 Å². The molecule has 8 nitrogen and oxygen atoms in total. The molecule has 13 heteroatoms. The molecule has 40 heavy (non-hydrogen) atoms. The zero-order chi connectivity index (χ0) is 29.0. The number of carbonyl (C=O) groups excluding carboxylic acids is 3. The van der Waals surface area contributed by atoms with Gasteiger partial charge in [-0.25, -0.2) is 0 Å². The van der Waals surface area contributed by atoms with Crippen molar-refractivity contribution in [2.75, 3.05) is 32.7 Å². The highest BCUT2D eigenvalue weighted by Gasteiger charge is 2.37. The van der Waals surface area contributed by atoms with Crippen LogP contribution in [0.5, 0.6) is 0 Å². The van der Waals surface area contributed by atoms with Gasteiger partial charge in [-0.15, -0.1) is 12.8 Å². The van der Waals surface area contributed by atoms with E-state index in [2.05, 4.69) is 23.3 Å². The molecule has 3 heterocycles. The van der Waals surface area contributed by atoms with Gasteiger partial charge < -0.3 is 10.2 Å². The van der Waals surface area contributed by atoms with Gasteiger partial charge in [0.15, 0.2) is 0 Å². The predicted octanol–water partition coefficient (Wildman–Crippen LogP) is 4.47. The molecule has 0 bridgehead atoms.